The third-order valence-corrected chi connectivity index (χ3v) is 3.54. The largest absolute Gasteiger partial charge is 0.507 e. The number of hydrogen-bond acceptors (Lipinski definition) is 4. The number of methoxy groups -OCH3 is 1. The maximum Gasteiger partial charge on any atom is 0.273 e. The molecular formula is C17H19N3O3S. The molecule has 0 unspecified atom stereocenters. The molecular weight excluding hydrogens is 326 g/mol. The predicted octanol–water partition coefficient (Wildman–Crippen LogP) is 1.75. The van der Waals surface area contributed by atoms with Gasteiger partial charge in [0.15, 0.2) is 5.11 Å². The standard InChI is InChI=1S/C17H19N3O3S/c1-23-13-8-6-12(7-9-13)10-11-18-17(24)20-19-16(22)14-4-2-3-5-15(14)21/h2-9,21H,10-11H2,1H3,(H,19,22)(H2,18,20,24). The maximum absolute atomic E-state index is 11.9. The number of para-hydroxylation sites is 1. The van der Waals surface area contributed by atoms with E-state index in [4.69, 9.17) is 17.0 Å². The first kappa shape index (κ1) is 17.6. The lowest BCUT2D eigenvalue weighted by atomic mass is 10.1. The molecule has 0 bridgehead atoms. The molecule has 2 rings (SSSR count). The van der Waals surface area contributed by atoms with Crippen LogP contribution in [-0.2, 0) is 6.42 Å². The molecule has 0 aliphatic rings. The molecule has 0 aliphatic carbocycles. The van der Waals surface area contributed by atoms with Gasteiger partial charge in [-0.25, -0.2) is 0 Å². The summed E-state index contributed by atoms with van der Waals surface area (Å²) in [4.78, 5) is 11.9. The molecule has 0 spiro atoms. The van der Waals surface area contributed by atoms with E-state index in [9.17, 15) is 9.90 Å². The van der Waals surface area contributed by atoms with Crippen LogP contribution in [0.25, 0.3) is 0 Å². The highest BCUT2D eigenvalue weighted by atomic mass is 32.1. The van der Waals surface area contributed by atoms with Crippen molar-refractivity contribution < 1.29 is 14.6 Å². The van der Waals surface area contributed by atoms with Gasteiger partial charge in [0, 0.05) is 6.54 Å². The van der Waals surface area contributed by atoms with Crippen LogP contribution < -0.4 is 20.9 Å². The van der Waals surface area contributed by atoms with E-state index < -0.39 is 5.91 Å². The lowest BCUT2D eigenvalue weighted by Gasteiger charge is -2.12. The Hall–Kier alpha value is -2.80. The summed E-state index contributed by atoms with van der Waals surface area (Å²) in [6.07, 6.45) is 0.777. The molecule has 2 aromatic carbocycles. The minimum Gasteiger partial charge on any atom is -0.507 e. The molecule has 0 aliphatic heterocycles. The Labute approximate surface area is 145 Å². The van der Waals surface area contributed by atoms with Crippen molar-refractivity contribution in [2.24, 2.45) is 0 Å². The molecule has 0 saturated carbocycles. The number of carbonyl (C=O) groups is 1. The minimum atomic E-state index is -0.465. The topological polar surface area (TPSA) is 82.6 Å². The van der Waals surface area contributed by atoms with Gasteiger partial charge in [0.25, 0.3) is 5.91 Å². The van der Waals surface area contributed by atoms with Crippen LogP contribution in [-0.4, -0.2) is 29.8 Å². The van der Waals surface area contributed by atoms with E-state index in [-0.39, 0.29) is 11.3 Å². The molecule has 24 heavy (non-hydrogen) atoms. The highest BCUT2D eigenvalue weighted by Crippen LogP contribution is 2.14. The van der Waals surface area contributed by atoms with Gasteiger partial charge in [-0.3, -0.25) is 15.6 Å². The molecule has 0 heterocycles. The van der Waals surface area contributed by atoms with Crippen molar-refractivity contribution in [1.29, 1.82) is 0 Å². The lowest BCUT2D eigenvalue weighted by molar-refractivity contribution is 0.0941. The number of ether oxygens (including phenoxy) is 1. The fourth-order valence-electron chi connectivity index (χ4n) is 2.00. The van der Waals surface area contributed by atoms with E-state index >= 15 is 0 Å². The zero-order valence-corrected chi connectivity index (χ0v) is 14.0. The number of amides is 1. The number of phenols is 1. The number of nitrogens with one attached hydrogen (secondary N) is 3. The average Bonchev–Trinajstić information content (AvgIpc) is 2.60. The van der Waals surface area contributed by atoms with Crippen LogP contribution in [0.1, 0.15) is 15.9 Å². The summed E-state index contributed by atoms with van der Waals surface area (Å²) in [7, 11) is 1.63. The summed E-state index contributed by atoms with van der Waals surface area (Å²) in [5, 5.41) is 12.9. The Morgan fingerprint density at radius 2 is 1.83 bits per heavy atom. The number of aromatic hydroxyl groups is 1. The van der Waals surface area contributed by atoms with E-state index in [2.05, 4.69) is 16.2 Å². The molecule has 0 atom stereocenters. The molecule has 0 aromatic heterocycles. The van der Waals surface area contributed by atoms with E-state index in [1.165, 1.54) is 12.1 Å². The smallest absolute Gasteiger partial charge is 0.273 e. The molecule has 0 saturated heterocycles. The lowest BCUT2D eigenvalue weighted by Crippen LogP contribution is -2.47. The van der Waals surface area contributed by atoms with Crippen LogP contribution in [0.4, 0.5) is 0 Å². The number of phenolic OH excluding ortho intramolecular Hbond substituents is 1. The van der Waals surface area contributed by atoms with E-state index in [1.54, 1.807) is 19.2 Å². The zero-order valence-electron chi connectivity index (χ0n) is 13.2. The normalized spacial score (nSPS) is 9.88. The Balaban J connectivity index is 1.71. The third-order valence-electron chi connectivity index (χ3n) is 3.30. The Bertz CT molecular complexity index is 704. The molecule has 2 aromatic rings. The van der Waals surface area contributed by atoms with Crippen molar-refractivity contribution in [2.45, 2.75) is 6.42 Å². The molecule has 1 amide bonds. The molecule has 7 heteroatoms. The Morgan fingerprint density at radius 3 is 2.50 bits per heavy atom. The van der Waals surface area contributed by atoms with Crippen molar-refractivity contribution >= 4 is 23.2 Å². The molecule has 6 nitrogen and oxygen atoms in total. The Kier molecular flexibility index (Phi) is 6.39. The minimum absolute atomic E-state index is 0.0878. The average molecular weight is 345 g/mol. The van der Waals surface area contributed by atoms with Crippen LogP contribution in [0.2, 0.25) is 0 Å². The van der Waals surface area contributed by atoms with Gasteiger partial charge in [0.1, 0.15) is 11.5 Å². The first-order valence-corrected chi connectivity index (χ1v) is 7.76. The van der Waals surface area contributed by atoms with Gasteiger partial charge in [0.05, 0.1) is 12.7 Å². The zero-order chi connectivity index (χ0) is 17.4. The maximum atomic E-state index is 11.9. The number of hydrogen-bond donors (Lipinski definition) is 4. The van der Waals surface area contributed by atoms with Crippen molar-refractivity contribution in [3.63, 3.8) is 0 Å². The number of carbonyl (C=O) groups excluding carboxylic acids is 1. The fourth-order valence-corrected chi connectivity index (χ4v) is 2.16. The van der Waals surface area contributed by atoms with Crippen molar-refractivity contribution in [3.8, 4) is 11.5 Å². The summed E-state index contributed by atoms with van der Waals surface area (Å²) in [6, 6.07) is 14.0. The van der Waals surface area contributed by atoms with E-state index in [0.29, 0.717) is 11.7 Å². The van der Waals surface area contributed by atoms with Crippen LogP contribution in [0, 0.1) is 0 Å². The second-order valence-corrected chi connectivity index (χ2v) is 5.36. The molecule has 0 fully saturated rings. The molecule has 0 radical (unpaired) electrons. The van der Waals surface area contributed by atoms with Gasteiger partial charge in [-0.05, 0) is 48.5 Å². The predicted molar refractivity (Wildman–Crippen MR) is 96.0 cm³/mol. The first-order chi connectivity index (χ1) is 11.6. The summed E-state index contributed by atoms with van der Waals surface area (Å²) in [5.41, 5.74) is 6.35. The summed E-state index contributed by atoms with van der Waals surface area (Å²) in [6.45, 7) is 0.616. The van der Waals surface area contributed by atoms with Gasteiger partial charge in [-0.2, -0.15) is 0 Å². The SMILES string of the molecule is COc1ccc(CCNC(=S)NNC(=O)c2ccccc2O)cc1. The van der Waals surface area contributed by atoms with Gasteiger partial charge in [0.2, 0.25) is 0 Å². The number of benzene rings is 2. The monoisotopic (exact) mass is 345 g/mol. The summed E-state index contributed by atoms with van der Waals surface area (Å²) >= 11 is 5.09. The number of rotatable bonds is 5. The second-order valence-electron chi connectivity index (χ2n) is 4.95. The highest BCUT2D eigenvalue weighted by Gasteiger charge is 2.09. The highest BCUT2D eigenvalue weighted by molar-refractivity contribution is 7.80. The van der Waals surface area contributed by atoms with Crippen molar-refractivity contribution in [2.75, 3.05) is 13.7 Å². The van der Waals surface area contributed by atoms with Gasteiger partial charge < -0.3 is 15.2 Å². The van der Waals surface area contributed by atoms with Crippen LogP contribution in [0.3, 0.4) is 0 Å². The number of thiocarbonyl (C=S) groups is 1. The first-order valence-electron chi connectivity index (χ1n) is 7.35. The third kappa shape index (κ3) is 5.13. The Morgan fingerprint density at radius 1 is 1.12 bits per heavy atom. The van der Waals surface area contributed by atoms with Crippen molar-refractivity contribution in [3.05, 3.63) is 59.7 Å². The summed E-state index contributed by atoms with van der Waals surface area (Å²) in [5.74, 6) is 0.262. The van der Waals surface area contributed by atoms with Gasteiger partial charge in [-0.1, -0.05) is 24.3 Å². The van der Waals surface area contributed by atoms with E-state index in [0.717, 1.165) is 17.7 Å². The van der Waals surface area contributed by atoms with Gasteiger partial charge >= 0.3 is 0 Å². The van der Waals surface area contributed by atoms with Crippen LogP contribution in [0.5, 0.6) is 11.5 Å². The van der Waals surface area contributed by atoms with E-state index in [1.807, 2.05) is 24.3 Å². The fraction of sp³-hybridized carbons (Fsp3) is 0.176. The molecule has 4 N–H and O–H groups in total. The van der Waals surface area contributed by atoms with Crippen molar-refractivity contribution in [1.82, 2.24) is 16.2 Å². The molecule has 126 valence electrons. The number of hydrazine groups is 1. The summed E-state index contributed by atoms with van der Waals surface area (Å²) < 4.78 is 5.11. The van der Waals surface area contributed by atoms with Gasteiger partial charge in [-0.15, -0.1) is 0 Å². The van der Waals surface area contributed by atoms with Crippen LogP contribution in [0.15, 0.2) is 48.5 Å². The van der Waals surface area contributed by atoms with Crippen LogP contribution >= 0.6 is 12.2 Å². The second kappa shape index (κ2) is 8.73. The quantitative estimate of drug-likeness (QED) is 0.488.